The molecule has 3 rings (SSSR count). The summed E-state index contributed by atoms with van der Waals surface area (Å²) >= 11 is 0. The van der Waals surface area contributed by atoms with Gasteiger partial charge in [-0.2, -0.15) is 0 Å². The summed E-state index contributed by atoms with van der Waals surface area (Å²) in [6.45, 7) is 5.22. The van der Waals surface area contributed by atoms with Crippen molar-refractivity contribution >= 4 is 28.8 Å². The molecule has 8 nitrogen and oxygen atoms in total. The standard InChI is InChI=1S/C20H21N3O5/c1-20(2,3)28-19(26)23-16(12-7-5-4-6-8-12)17(24)21-13-9-10-15-14(11-13)22-18(25)27-15/h4-11,16H,1-3H3,(H,21,24)(H,22,25)(H,23,26). The second-order valence-corrected chi connectivity index (χ2v) is 7.20. The number of rotatable bonds is 4. The average Bonchev–Trinajstić information content (AvgIpc) is 2.98. The molecule has 2 aromatic carbocycles. The van der Waals surface area contributed by atoms with Gasteiger partial charge in [-0.25, -0.2) is 9.59 Å². The molecule has 3 aromatic rings. The van der Waals surface area contributed by atoms with E-state index in [4.69, 9.17) is 9.15 Å². The molecule has 8 heteroatoms. The molecule has 0 aliphatic heterocycles. The molecular formula is C20H21N3O5. The van der Waals surface area contributed by atoms with Crippen molar-refractivity contribution in [1.29, 1.82) is 0 Å². The van der Waals surface area contributed by atoms with Crippen molar-refractivity contribution in [3.8, 4) is 0 Å². The second-order valence-electron chi connectivity index (χ2n) is 7.20. The average molecular weight is 383 g/mol. The predicted octanol–water partition coefficient (Wildman–Crippen LogP) is 3.33. The first-order valence-corrected chi connectivity index (χ1v) is 8.69. The second kappa shape index (κ2) is 7.59. The van der Waals surface area contributed by atoms with Crippen molar-refractivity contribution in [2.75, 3.05) is 5.32 Å². The fraction of sp³-hybridized carbons (Fsp3) is 0.250. The molecular weight excluding hydrogens is 362 g/mol. The van der Waals surface area contributed by atoms with E-state index in [1.807, 2.05) is 6.07 Å². The first-order valence-electron chi connectivity index (χ1n) is 8.69. The van der Waals surface area contributed by atoms with Crippen LogP contribution in [0.5, 0.6) is 0 Å². The highest BCUT2D eigenvalue weighted by molar-refractivity contribution is 5.98. The van der Waals surface area contributed by atoms with E-state index in [1.54, 1.807) is 63.2 Å². The molecule has 0 aliphatic rings. The Morgan fingerprint density at radius 3 is 2.50 bits per heavy atom. The normalized spacial score (nSPS) is 12.4. The predicted molar refractivity (Wildman–Crippen MR) is 104 cm³/mol. The molecule has 0 aliphatic carbocycles. The van der Waals surface area contributed by atoms with Gasteiger partial charge in [0.05, 0.1) is 5.52 Å². The number of amides is 2. The molecule has 0 radical (unpaired) electrons. The van der Waals surface area contributed by atoms with Crippen LogP contribution >= 0.6 is 0 Å². The number of H-pyrrole nitrogens is 1. The van der Waals surface area contributed by atoms with Gasteiger partial charge in [0.2, 0.25) is 0 Å². The third kappa shape index (κ3) is 4.79. The molecule has 1 unspecified atom stereocenters. The summed E-state index contributed by atoms with van der Waals surface area (Å²) in [4.78, 5) is 38.9. The Morgan fingerprint density at radius 2 is 1.82 bits per heavy atom. The number of ether oxygens (including phenoxy) is 1. The fourth-order valence-corrected chi connectivity index (χ4v) is 2.62. The Balaban J connectivity index is 1.82. The Morgan fingerprint density at radius 1 is 1.11 bits per heavy atom. The van der Waals surface area contributed by atoms with Crippen molar-refractivity contribution in [2.45, 2.75) is 32.4 Å². The summed E-state index contributed by atoms with van der Waals surface area (Å²) in [6, 6.07) is 12.6. The SMILES string of the molecule is CC(C)(C)OC(=O)NC(C(=O)Nc1ccc2oc(=O)[nH]c2c1)c1ccccc1. The van der Waals surface area contributed by atoms with Crippen LogP contribution in [0.15, 0.2) is 57.7 Å². The highest BCUT2D eigenvalue weighted by atomic mass is 16.6. The van der Waals surface area contributed by atoms with Crippen LogP contribution in [0.2, 0.25) is 0 Å². The highest BCUT2D eigenvalue weighted by Crippen LogP contribution is 2.20. The van der Waals surface area contributed by atoms with Crippen LogP contribution in [0, 0.1) is 0 Å². The molecule has 3 N–H and O–H groups in total. The van der Waals surface area contributed by atoms with E-state index in [0.29, 0.717) is 22.4 Å². The number of alkyl carbamates (subject to hydrolysis) is 1. The van der Waals surface area contributed by atoms with Crippen molar-refractivity contribution in [2.24, 2.45) is 0 Å². The van der Waals surface area contributed by atoms with Gasteiger partial charge < -0.3 is 19.8 Å². The van der Waals surface area contributed by atoms with Crippen LogP contribution in [-0.2, 0) is 9.53 Å². The smallest absolute Gasteiger partial charge is 0.417 e. The first-order chi connectivity index (χ1) is 13.2. The van der Waals surface area contributed by atoms with Gasteiger partial charge in [0.1, 0.15) is 11.6 Å². The summed E-state index contributed by atoms with van der Waals surface area (Å²) in [5, 5.41) is 5.34. The lowest BCUT2D eigenvalue weighted by atomic mass is 10.1. The van der Waals surface area contributed by atoms with Gasteiger partial charge in [-0.1, -0.05) is 30.3 Å². The van der Waals surface area contributed by atoms with Gasteiger partial charge in [-0.05, 0) is 44.5 Å². The van der Waals surface area contributed by atoms with E-state index in [-0.39, 0.29) is 0 Å². The Bertz CT molecular complexity index is 1050. The Kier molecular flexibility index (Phi) is 5.21. The van der Waals surface area contributed by atoms with Gasteiger partial charge in [-0.3, -0.25) is 9.78 Å². The summed E-state index contributed by atoms with van der Waals surface area (Å²) in [5.41, 5.74) is 1.19. The number of aromatic amines is 1. The number of aromatic nitrogens is 1. The lowest BCUT2D eigenvalue weighted by Gasteiger charge is -2.23. The quantitative estimate of drug-likeness (QED) is 0.639. The van der Waals surface area contributed by atoms with Gasteiger partial charge >= 0.3 is 11.8 Å². The first kappa shape index (κ1) is 19.2. The van der Waals surface area contributed by atoms with Gasteiger partial charge in [0, 0.05) is 5.69 Å². The number of anilines is 1. The monoisotopic (exact) mass is 383 g/mol. The van der Waals surface area contributed by atoms with Crippen molar-refractivity contribution in [3.63, 3.8) is 0 Å². The number of carbonyl (C=O) groups excluding carboxylic acids is 2. The summed E-state index contributed by atoms with van der Waals surface area (Å²) < 4.78 is 10.2. The van der Waals surface area contributed by atoms with Gasteiger partial charge in [0.15, 0.2) is 5.58 Å². The molecule has 28 heavy (non-hydrogen) atoms. The Labute approximate surface area is 160 Å². The van der Waals surface area contributed by atoms with E-state index in [9.17, 15) is 14.4 Å². The zero-order valence-electron chi connectivity index (χ0n) is 15.7. The van der Waals surface area contributed by atoms with E-state index in [2.05, 4.69) is 15.6 Å². The minimum Gasteiger partial charge on any atom is -0.444 e. The third-order valence-corrected chi connectivity index (χ3v) is 3.74. The Hall–Kier alpha value is -3.55. The molecule has 0 saturated heterocycles. The molecule has 2 amide bonds. The zero-order chi connectivity index (χ0) is 20.3. The molecule has 0 bridgehead atoms. The largest absolute Gasteiger partial charge is 0.444 e. The fourth-order valence-electron chi connectivity index (χ4n) is 2.62. The minimum atomic E-state index is -0.963. The summed E-state index contributed by atoms with van der Waals surface area (Å²) in [7, 11) is 0. The van der Waals surface area contributed by atoms with Crippen molar-refractivity contribution < 1.29 is 18.7 Å². The number of fused-ring (bicyclic) bond motifs is 1. The number of carbonyl (C=O) groups is 2. The van der Waals surface area contributed by atoms with Crippen LogP contribution < -0.4 is 16.4 Å². The highest BCUT2D eigenvalue weighted by Gasteiger charge is 2.26. The van der Waals surface area contributed by atoms with Crippen LogP contribution in [0.1, 0.15) is 32.4 Å². The van der Waals surface area contributed by atoms with E-state index in [1.165, 1.54) is 0 Å². The third-order valence-electron chi connectivity index (χ3n) is 3.74. The summed E-state index contributed by atoms with van der Waals surface area (Å²) in [5.74, 6) is -1.03. The number of benzene rings is 2. The van der Waals surface area contributed by atoms with Gasteiger partial charge in [0.25, 0.3) is 5.91 Å². The number of hydrogen-bond donors (Lipinski definition) is 3. The molecule has 0 fully saturated rings. The van der Waals surface area contributed by atoms with Crippen LogP contribution in [0.3, 0.4) is 0 Å². The number of hydrogen-bond acceptors (Lipinski definition) is 5. The summed E-state index contributed by atoms with van der Waals surface area (Å²) in [6.07, 6.45) is -0.703. The van der Waals surface area contributed by atoms with Crippen LogP contribution in [0.4, 0.5) is 10.5 Å². The number of oxazole rings is 1. The molecule has 146 valence electrons. The number of nitrogens with one attached hydrogen (secondary N) is 3. The maximum Gasteiger partial charge on any atom is 0.417 e. The van der Waals surface area contributed by atoms with Crippen LogP contribution in [-0.4, -0.2) is 22.6 Å². The molecule has 0 spiro atoms. The minimum absolute atomic E-state index is 0.384. The lowest BCUT2D eigenvalue weighted by molar-refractivity contribution is -0.118. The lowest BCUT2D eigenvalue weighted by Crippen LogP contribution is -2.40. The maximum absolute atomic E-state index is 12.9. The van der Waals surface area contributed by atoms with Gasteiger partial charge in [-0.15, -0.1) is 0 Å². The maximum atomic E-state index is 12.9. The van der Waals surface area contributed by atoms with E-state index < -0.39 is 29.4 Å². The molecule has 1 aromatic heterocycles. The van der Waals surface area contributed by atoms with Crippen LogP contribution in [0.25, 0.3) is 11.1 Å². The molecule has 0 saturated carbocycles. The van der Waals surface area contributed by atoms with Crippen molar-refractivity contribution in [1.82, 2.24) is 10.3 Å². The van der Waals surface area contributed by atoms with E-state index >= 15 is 0 Å². The molecule has 1 atom stereocenters. The topological polar surface area (TPSA) is 113 Å². The van der Waals surface area contributed by atoms with E-state index in [0.717, 1.165) is 0 Å². The molecule has 1 heterocycles. The van der Waals surface area contributed by atoms with Crippen molar-refractivity contribution in [3.05, 3.63) is 64.6 Å². The zero-order valence-corrected chi connectivity index (χ0v) is 15.7.